The SMILES string of the molecule is CC=c1[nH]nc(C(=O)OC)c1=CC=CCC. The van der Waals surface area contributed by atoms with E-state index in [1.807, 2.05) is 38.2 Å². The second kappa shape index (κ2) is 5.90. The van der Waals surface area contributed by atoms with Crippen molar-refractivity contribution in [3.8, 4) is 0 Å². The van der Waals surface area contributed by atoms with Crippen molar-refractivity contribution in [3.63, 3.8) is 0 Å². The highest BCUT2D eigenvalue weighted by atomic mass is 16.5. The maximum Gasteiger partial charge on any atom is 0.359 e. The van der Waals surface area contributed by atoms with E-state index in [2.05, 4.69) is 14.9 Å². The van der Waals surface area contributed by atoms with Crippen molar-refractivity contribution >= 4 is 18.1 Å². The van der Waals surface area contributed by atoms with Gasteiger partial charge >= 0.3 is 5.97 Å². The second-order valence-electron chi connectivity index (χ2n) is 3.18. The largest absolute Gasteiger partial charge is 0.464 e. The lowest BCUT2D eigenvalue weighted by Gasteiger charge is -1.91. The van der Waals surface area contributed by atoms with Crippen molar-refractivity contribution in [2.24, 2.45) is 0 Å². The van der Waals surface area contributed by atoms with Gasteiger partial charge in [0.25, 0.3) is 0 Å². The van der Waals surface area contributed by atoms with Crippen molar-refractivity contribution in [3.05, 3.63) is 28.4 Å². The lowest BCUT2D eigenvalue weighted by atomic mass is 10.2. The Kier molecular flexibility index (Phi) is 4.51. The monoisotopic (exact) mass is 220 g/mol. The molecule has 0 amide bonds. The summed E-state index contributed by atoms with van der Waals surface area (Å²) in [5.74, 6) is -0.430. The fourth-order valence-electron chi connectivity index (χ4n) is 1.31. The molecule has 1 aromatic heterocycles. The van der Waals surface area contributed by atoms with E-state index in [1.165, 1.54) is 7.11 Å². The molecule has 0 spiro atoms. The molecule has 1 aromatic rings. The van der Waals surface area contributed by atoms with E-state index in [1.54, 1.807) is 0 Å². The number of H-pyrrole nitrogens is 1. The van der Waals surface area contributed by atoms with E-state index < -0.39 is 5.97 Å². The van der Waals surface area contributed by atoms with Gasteiger partial charge in [0.05, 0.1) is 12.5 Å². The van der Waals surface area contributed by atoms with Gasteiger partial charge in [-0.2, -0.15) is 5.10 Å². The van der Waals surface area contributed by atoms with Gasteiger partial charge < -0.3 is 4.74 Å². The molecule has 0 unspecified atom stereocenters. The molecule has 0 aliphatic carbocycles. The molecule has 1 N–H and O–H groups in total. The number of rotatable bonds is 3. The molecule has 4 nitrogen and oxygen atoms in total. The zero-order valence-corrected chi connectivity index (χ0v) is 9.78. The van der Waals surface area contributed by atoms with Crippen molar-refractivity contribution in [2.45, 2.75) is 20.3 Å². The number of nitrogens with one attached hydrogen (secondary N) is 1. The molecule has 86 valence electrons. The van der Waals surface area contributed by atoms with Gasteiger partial charge in [0, 0.05) is 5.22 Å². The van der Waals surface area contributed by atoms with Crippen molar-refractivity contribution < 1.29 is 9.53 Å². The van der Waals surface area contributed by atoms with Crippen LogP contribution in [0.4, 0.5) is 0 Å². The summed E-state index contributed by atoms with van der Waals surface area (Å²) in [6.45, 7) is 3.93. The predicted molar refractivity (Wildman–Crippen MR) is 63.2 cm³/mol. The molecule has 1 heterocycles. The Labute approximate surface area is 94.3 Å². The van der Waals surface area contributed by atoms with Gasteiger partial charge in [-0.15, -0.1) is 0 Å². The number of methoxy groups -OCH3 is 1. The molecule has 0 aliphatic rings. The molecular formula is C12H16N2O2. The number of carbonyl (C=O) groups is 1. The minimum absolute atomic E-state index is 0.316. The van der Waals surface area contributed by atoms with Crippen LogP contribution in [-0.2, 0) is 4.74 Å². The number of aromatic amines is 1. The molecule has 0 atom stereocenters. The number of allylic oxidation sites excluding steroid dienone is 2. The van der Waals surface area contributed by atoms with Crippen LogP contribution in [-0.4, -0.2) is 23.3 Å². The quantitative estimate of drug-likeness (QED) is 0.764. The summed E-state index contributed by atoms with van der Waals surface area (Å²) in [5, 5.41) is 8.32. The van der Waals surface area contributed by atoms with Gasteiger partial charge in [-0.3, -0.25) is 5.10 Å². The van der Waals surface area contributed by atoms with Gasteiger partial charge in [0.15, 0.2) is 5.69 Å². The molecule has 0 bridgehead atoms. The molecule has 0 aromatic carbocycles. The first-order valence-corrected chi connectivity index (χ1v) is 5.20. The summed E-state index contributed by atoms with van der Waals surface area (Å²) >= 11 is 0. The normalized spacial score (nSPS) is 13.7. The summed E-state index contributed by atoms with van der Waals surface area (Å²) in [6, 6.07) is 0. The zero-order valence-electron chi connectivity index (χ0n) is 9.78. The predicted octanol–water partition coefficient (Wildman–Crippen LogP) is 0.743. The fourth-order valence-corrected chi connectivity index (χ4v) is 1.31. The van der Waals surface area contributed by atoms with Gasteiger partial charge in [-0.05, 0) is 13.3 Å². The highest BCUT2D eigenvalue weighted by molar-refractivity contribution is 5.87. The molecule has 0 saturated heterocycles. The molecular weight excluding hydrogens is 204 g/mol. The Balaban J connectivity index is 3.33. The summed E-state index contributed by atoms with van der Waals surface area (Å²) in [6.07, 6.45) is 8.59. The van der Waals surface area contributed by atoms with Gasteiger partial charge in [0.2, 0.25) is 0 Å². The number of aromatic nitrogens is 2. The summed E-state index contributed by atoms with van der Waals surface area (Å²) < 4.78 is 4.66. The second-order valence-corrected chi connectivity index (χ2v) is 3.18. The first kappa shape index (κ1) is 12.2. The number of hydrogen-bond acceptors (Lipinski definition) is 3. The van der Waals surface area contributed by atoms with Crippen LogP contribution in [0.5, 0.6) is 0 Å². The highest BCUT2D eigenvalue weighted by Gasteiger charge is 2.10. The maximum absolute atomic E-state index is 11.4. The molecule has 0 aliphatic heterocycles. The summed E-state index contributed by atoms with van der Waals surface area (Å²) in [4.78, 5) is 11.4. The number of esters is 1. The first-order chi connectivity index (χ1) is 7.74. The third-order valence-electron chi connectivity index (χ3n) is 2.14. The molecule has 1 rings (SSSR count). The lowest BCUT2D eigenvalue weighted by Crippen LogP contribution is -2.26. The average Bonchev–Trinajstić information content (AvgIpc) is 2.71. The Morgan fingerprint density at radius 1 is 1.56 bits per heavy atom. The van der Waals surface area contributed by atoms with Crippen molar-refractivity contribution in [1.82, 2.24) is 10.2 Å². The Hall–Kier alpha value is -1.84. The third kappa shape index (κ3) is 2.59. The third-order valence-corrected chi connectivity index (χ3v) is 2.14. The van der Waals surface area contributed by atoms with Crippen LogP contribution in [0, 0.1) is 0 Å². The molecule has 16 heavy (non-hydrogen) atoms. The van der Waals surface area contributed by atoms with Gasteiger partial charge in [-0.1, -0.05) is 31.2 Å². The van der Waals surface area contributed by atoms with Gasteiger partial charge in [-0.25, -0.2) is 4.79 Å². The Morgan fingerprint density at radius 3 is 2.88 bits per heavy atom. The minimum Gasteiger partial charge on any atom is -0.464 e. The number of nitrogens with zero attached hydrogens (tertiary/aromatic N) is 1. The van der Waals surface area contributed by atoms with Gasteiger partial charge in [0.1, 0.15) is 0 Å². The van der Waals surface area contributed by atoms with Crippen LogP contribution >= 0.6 is 0 Å². The van der Waals surface area contributed by atoms with E-state index in [4.69, 9.17) is 0 Å². The first-order valence-electron chi connectivity index (χ1n) is 5.20. The minimum atomic E-state index is -0.430. The van der Waals surface area contributed by atoms with Crippen LogP contribution in [0.25, 0.3) is 12.2 Å². The lowest BCUT2D eigenvalue weighted by molar-refractivity contribution is 0.0592. The molecule has 0 fully saturated rings. The van der Waals surface area contributed by atoms with Crippen LogP contribution in [0.2, 0.25) is 0 Å². The van der Waals surface area contributed by atoms with E-state index >= 15 is 0 Å². The number of ether oxygens (including phenoxy) is 1. The fraction of sp³-hybridized carbons (Fsp3) is 0.333. The van der Waals surface area contributed by atoms with E-state index in [0.29, 0.717) is 5.69 Å². The molecule has 0 saturated carbocycles. The smallest absolute Gasteiger partial charge is 0.359 e. The average molecular weight is 220 g/mol. The van der Waals surface area contributed by atoms with E-state index in [0.717, 1.165) is 17.0 Å². The molecule has 4 heteroatoms. The summed E-state index contributed by atoms with van der Waals surface area (Å²) in [5.41, 5.74) is 0.316. The Bertz CT molecular complexity index is 498. The maximum atomic E-state index is 11.4. The highest BCUT2D eigenvalue weighted by Crippen LogP contribution is 1.87. The Morgan fingerprint density at radius 2 is 2.31 bits per heavy atom. The zero-order chi connectivity index (χ0) is 12.0. The van der Waals surface area contributed by atoms with Crippen LogP contribution in [0.1, 0.15) is 30.8 Å². The number of carbonyl (C=O) groups excluding carboxylic acids is 1. The topological polar surface area (TPSA) is 55.0 Å². The van der Waals surface area contributed by atoms with Crippen molar-refractivity contribution in [1.29, 1.82) is 0 Å². The van der Waals surface area contributed by atoms with E-state index in [-0.39, 0.29) is 0 Å². The summed E-state index contributed by atoms with van der Waals surface area (Å²) in [7, 11) is 1.35. The van der Waals surface area contributed by atoms with Crippen LogP contribution in [0.15, 0.2) is 12.2 Å². The standard InChI is InChI=1S/C12H16N2O2/c1-4-6-7-8-9-10(5-2)13-14-11(9)12(15)16-3/h5-8,13H,4H2,1-3H3. The molecule has 0 radical (unpaired) electrons. The number of hydrogen-bond donors (Lipinski definition) is 1. The van der Waals surface area contributed by atoms with E-state index in [9.17, 15) is 4.79 Å². The van der Waals surface area contributed by atoms with Crippen molar-refractivity contribution in [2.75, 3.05) is 7.11 Å². The van der Waals surface area contributed by atoms with Crippen LogP contribution < -0.4 is 10.6 Å². The van der Waals surface area contributed by atoms with Crippen LogP contribution in [0.3, 0.4) is 0 Å².